The largest absolute Gasteiger partial charge is 0.465 e. The molecule has 10 heteroatoms. The van der Waals surface area contributed by atoms with Crippen LogP contribution in [0.1, 0.15) is 48.4 Å². The number of hydrogen-bond donors (Lipinski definition) is 2. The normalized spacial score (nSPS) is 12.0. The van der Waals surface area contributed by atoms with Crippen LogP contribution in [-0.4, -0.2) is 52.1 Å². The van der Waals surface area contributed by atoms with Gasteiger partial charge in [0.2, 0.25) is 11.8 Å². The number of halogens is 2. The monoisotopic (exact) mass is 517 g/mol. The number of nitrogens with zero attached hydrogens (tertiary/aromatic N) is 2. The molecule has 0 bridgehead atoms. The number of aliphatic hydroxyl groups excluding tert-OH is 1. The van der Waals surface area contributed by atoms with Crippen LogP contribution in [-0.2, 0) is 27.4 Å². The van der Waals surface area contributed by atoms with E-state index < -0.39 is 23.8 Å². The van der Waals surface area contributed by atoms with Gasteiger partial charge in [0.05, 0.1) is 30.3 Å². The van der Waals surface area contributed by atoms with Gasteiger partial charge in [0.1, 0.15) is 12.4 Å². The average molecular weight is 518 g/mol. The van der Waals surface area contributed by atoms with Crippen molar-refractivity contribution in [3.05, 3.63) is 70.1 Å². The van der Waals surface area contributed by atoms with Gasteiger partial charge in [-0.25, -0.2) is 9.18 Å². The minimum absolute atomic E-state index is 0.0324. The van der Waals surface area contributed by atoms with Crippen molar-refractivity contribution in [2.45, 2.75) is 46.0 Å². The van der Waals surface area contributed by atoms with E-state index in [-0.39, 0.29) is 42.2 Å². The summed E-state index contributed by atoms with van der Waals surface area (Å²) < 4.78 is 20.5. The maximum absolute atomic E-state index is 14.1. The van der Waals surface area contributed by atoms with Crippen molar-refractivity contribution in [2.75, 3.05) is 13.7 Å². The van der Waals surface area contributed by atoms with E-state index in [9.17, 15) is 23.9 Å². The van der Waals surface area contributed by atoms with E-state index in [0.717, 1.165) is 0 Å². The van der Waals surface area contributed by atoms with Gasteiger partial charge < -0.3 is 24.6 Å². The second kappa shape index (κ2) is 11.5. The second-order valence-electron chi connectivity index (χ2n) is 8.72. The zero-order valence-electron chi connectivity index (χ0n) is 20.5. The number of hydrogen-bond acceptors (Lipinski definition) is 5. The second-order valence-corrected chi connectivity index (χ2v) is 9.12. The van der Waals surface area contributed by atoms with Gasteiger partial charge in [-0.2, -0.15) is 0 Å². The molecule has 192 valence electrons. The Morgan fingerprint density at radius 3 is 2.56 bits per heavy atom. The van der Waals surface area contributed by atoms with Crippen LogP contribution in [0.3, 0.4) is 0 Å². The molecule has 0 saturated heterocycles. The fourth-order valence-electron chi connectivity index (χ4n) is 3.92. The summed E-state index contributed by atoms with van der Waals surface area (Å²) in [5.41, 5.74) is 1.78. The van der Waals surface area contributed by atoms with Crippen molar-refractivity contribution in [1.29, 1.82) is 0 Å². The summed E-state index contributed by atoms with van der Waals surface area (Å²) in [7, 11) is 1.29. The highest BCUT2D eigenvalue weighted by atomic mass is 35.5. The number of methoxy groups -OCH3 is 1. The van der Waals surface area contributed by atoms with Crippen LogP contribution in [0.5, 0.6) is 0 Å². The summed E-state index contributed by atoms with van der Waals surface area (Å²) >= 11 is 5.79. The van der Waals surface area contributed by atoms with Gasteiger partial charge >= 0.3 is 5.97 Å². The first-order valence-electron chi connectivity index (χ1n) is 11.4. The molecular formula is C26H29ClFN3O5. The number of ether oxygens (including phenoxy) is 1. The summed E-state index contributed by atoms with van der Waals surface area (Å²) in [5, 5.41) is 13.5. The van der Waals surface area contributed by atoms with E-state index in [1.165, 1.54) is 24.1 Å². The van der Waals surface area contributed by atoms with Gasteiger partial charge in [-0.05, 0) is 45.0 Å². The van der Waals surface area contributed by atoms with Crippen LogP contribution < -0.4 is 5.32 Å². The third-order valence-electron chi connectivity index (χ3n) is 5.85. The SMILES string of the molecule is COC(=O)c1ccc2c(c1)c(C(C)O)cn2CC(=O)N(CC(=O)NCc1cccc(Cl)c1F)C(C)C. The Labute approximate surface area is 213 Å². The highest BCUT2D eigenvalue weighted by molar-refractivity contribution is 6.30. The molecule has 0 aliphatic heterocycles. The number of benzene rings is 2. The van der Waals surface area contributed by atoms with Crippen LogP contribution in [0.25, 0.3) is 10.9 Å². The highest BCUT2D eigenvalue weighted by Gasteiger charge is 2.23. The van der Waals surface area contributed by atoms with E-state index in [1.54, 1.807) is 55.8 Å². The van der Waals surface area contributed by atoms with Crippen molar-refractivity contribution in [3.8, 4) is 0 Å². The third kappa shape index (κ3) is 6.03. The van der Waals surface area contributed by atoms with Gasteiger partial charge in [0, 0.05) is 40.8 Å². The average Bonchev–Trinajstić information content (AvgIpc) is 3.20. The molecule has 1 aromatic heterocycles. The molecule has 0 fully saturated rings. The summed E-state index contributed by atoms with van der Waals surface area (Å²) in [6.45, 7) is 4.81. The fraction of sp³-hybridized carbons (Fsp3) is 0.346. The predicted octanol–water partition coefficient (Wildman–Crippen LogP) is 3.83. The number of aromatic nitrogens is 1. The van der Waals surface area contributed by atoms with E-state index in [0.29, 0.717) is 22.0 Å². The van der Waals surface area contributed by atoms with Gasteiger partial charge in [-0.3, -0.25) is 9.59 Å². The third-order valence-corrected chi connectivity index (χ3v) is 6.15. The Hall–Kier alpha value is -3.43. The molecule has 8 nitrogen and oxygen atoms in total. The molecular weight excluding hydrogens is 489 g/mol. The number of esters is 1. The van der Waals surface area contributed by atoms with E-state index in [2.05, 4.69) is 5.32 Å². The minimum atomic E-state index is -0.837. The lowest BCUT2D eigenvalue weighted by atomic mass is 10.1. The summed E-state index contributed by atoms with van der Waals surface area (Å²) in [6, 6.07) is 9.15. The van der Waals surface area contributed by atoms with Crippen molar-refractivity contribution >= 4 is 40.3 Å². The topological polar surface area (TPSA) is 101 Å². The lowest BCUT2D eigenvalue weighted by Crippen LogP contribution is -2.45. The van der Waals surface area contributed by atoms with Crippen LogP contribution in [0.2, 0.25) is 5.02 Å². The van der Waals surface area contributed by atoms with Gasteiger partial charge in [-0.1, -0.05) is 23.7 Å². The molecule has 0 aliphatic carbocycles. The lowest BCUT2D eigenvalue weighted by Gasteiger charge is -2.26. The molecule has 0 aliphatic rings. The van der Waals surface area contributed by atoms with Gasteiger partial charge in [0.15, 0.2) is 0 Å². The molecule has 2 amide bonds. The summed E-state index contributed by atoms with van der Waals surface area (Å²) in [4.78, 5) is 39.2. The molecule has 0 spiro atoms. The Morgan fingerprint density at radius 2 is 1.92 bits per heavy atom. The first-order chi connectivity index (χ1) is 17.0. The number of nitrogens with one attached hydrogen (secondary N) is 1. The van der Waals surface area contributed by atoms with E-state index in [1.807, 2.05) is 0 Å². The Balaban J connectivity index is 1.77. The highest BCUT2D eigenvalue weighted by Crippen LogP contribution is 2.28. The van der Waals surface area contributed by atoms with Crippen LogP contribution >= 0.6 is 11.6 Å². The predicted molar refractivity (Wildman–Crippen MR) is 134 cm³/mol. The molecule has 1 heterocycles. The van der Waals surface area contributed by atoms with Crippen molar-refractivity contribution < 1.29 is 28.6 Å². The zero-order chi connectivity index (χ0) is 26.6. The first kappa shape index (κ1) is 27.2. The molecule has 2 N–H and O–H groups in total. The summed E-state index contributed by atoms with van der Waals surface area (Å²) in [5.74, 6) is -1.87. The molecule has 0 saturated carbocycles. The molecule has 36 heavy (non-hydrogen) atoms. The Kier molecular flexibility index (Phi) is 8.70. The molecule has 1 atom stereocenters. The number of carbonyl (C=O) groups is 3. The molecule has 3 aromatic rings. The number of amides is 2. The quantitative estimate of drug-likeness (QED) is 0.420. The lowest BCUT2D eigenvalue weighted by molar-refractivity contribution is -0.138. The number of fused-ring (bicyclic) bond motifs is 1. The minimum Gasteiger partial charge on any atom is -0.465 e. The molecule has 0 radical (unpaired) electrons. The molecule has 1 unspecified atom stereocenters. The maximum Gasteiger partial charge on any atom is 0.337 e. The van der Waals surface area contributed by atoms with Crippen LogP contribution in [0.15, 0.2) is 42.6 Å². The van der Waals surface area contributed by atoms with Crippen molar-refractivity contribution in [2.24, 2.45) is 0 Å². The fourth-order valence-corrected chi connectivity index (χ4v) is 4.11. The molecule has 2 aromatic carbocycles. The Morgan fingerprint density at radius 1 is 1.19 bits per heavy atom. The standard InChI is InChI=1S/C26H29ClFN3O5/c1-15(2)31(13-23(33)29-11-18-6-5-7-21(27)25(18)28)24(34)14-30-12-20(16(3)32)19-10-17(26(35)36-4)8-9-22(19)30/h5-10,12,15-16,32H,11,13-14H2,1-4H3,(H,29,33). The zero-order valence-corrected chi connectivity index (χ0v) is 21.3. The summed E-state index contributed by atoms with van der Waals surface area (Å²) in [6.07, 6.45) is 0.824. The van der Waals surface area contributed by atoms with Crippen LogP contribution in [0.4, 0.5) is 4.39 Å². The smallest absolute Gasteiger partial charge is 0.337 e. The van der Waals surface area contributed by atoms with Crippen molar-refractivity contribution in [1.82, 2.24) is 14.8 Å². The van der Waals surface area contributed by atoms with E-state index >= 15 is 0 Å². The number of aliphatic hydroxyl groups is 1. The van der Waals surface area contributed by atoms with Crippen LogP contribution in [0, 0.1) is 5.82 Å². The number of carbonyl (C=O) groups excluding carboxylic acids is 3. The Bertz CT molecular complexity index is 1290. The van der Waals surface area contributed by atoms with Gasteiger partial charge in [0.25, 0.3) is 0 Å². The van der Waals surface area contributed by atoms with E-state index in [4.69, 9.17) is 16.3 Å². The maximum atomic E-state index is 14.1. The number of rotatable bonds is 9. The first-order valence-corrected chi connectivity index (χ1v) is 11.8. The van der Waals surface area contributed by atoms with Crippen molar-refractivity contribution in [3.63, 3.8) is 0 Å². The van der Waals surface area contributed by atoms with Gasteiger partial charge in [-0.15, -0.1) is 0 Å². The molecule has 3 rings (SSSR count).